The van der Waals surface area contributed by atoms with Crippen molar-refractivity contribution in [2.45, 2.75) is 24.3 Å². The van der Waals surface area contributed by atoms with Crippen LogP contribution in [0.2, 0.25) is 0 Å². The number of amides is 2. The normalized spacial score (nSPS) is 22.0. The van der Waals surface area contributed by atoms with Crippen LogP contribution in [-0.2, 0) is 20.8 Å². The summed E-state index contributed by atoms with van der Waals surface area (Å²) in [4.78, 5) is 42.6. The van der Waals surface area contributed by atoms with E-state index in [1.807, 2.05) is 0 Å². The Kier molecular flexibility index (Phi) is 7.29. The van der Waals surface area contributed by atoms with E-state index in [9.17, 15) is 24.7 Å². The van der Waals surface area contributed by atoms with Crippen molar-refractivity contribution in [1.29, 1.82) is 5.41 Å². The minimum Gasteiger partial charge on any atom is -0.543 e. The molecule has 0 radical (unpaired) electrons. The molecule has 3 N–H and O–H groups in total. The molecule has 0 aliphatic carbocycles. The Bertz CT molecular complexity index is 1220. The fraction of sp³-hybridized carbons (Fsp3) is 0.312. The minimum absolute atomic E-state index is 0. The first kappa shape index (κ1) is 25.0. The third-order valence-electron chi connectivity index (χ3n) is 4.73. The van der Waals surface area contributed by atoms with Gasteiger partial charge < -0.3 is 20.4 Å². The van der Waals surface area contributed by atoms with Crippen LogP contribution in [0.25, 0.3) is 5.57 Å². The summed E-state index contributed by atoms with van der Waals surface area (Å²) in [5.74, 6) is -2.16. The van der Waals surface area contributed by atoms with Gasteiger partial charge in [-0.1, -0.05) is 12.2 Å². The number of carboxylic acids is 1. The first-order valence-corrected chi connectivity index (χ1v) is 11.8. The molecular weight excluding hydrogens is 507 g/mol. The molecule has 0 spiro atoms. The number of carboxylic acid groups (broad SMARTS) is 1. The van der Waals surface area contributed by atoms with E-state index in [0.717, 1.165) is 33.1 Å². The summed E-state index contributed by atoms with van der Waals surface area (Å²) < 4.78 is 4.63. The predicted molar refractivity (Wildman–Crippen MR) is 113 cm³/mol. The zero-order valence-corrected chi connectivity index (χ0v) is 21.9. The van der Waals surface area contributed by atoms with Gasteiger partial charge in [-0.3, -0.25) is 19.9 Å². The minimum atomic E-state index is -1.58. The molecule has 2 atom stereocenters. The summed E-state index contributed by atoms with van der Waals surface area (Å²) in [6, 6.07) is 0. The number of carbonyl (C=O) groups is 3. The fourth-order valence-electron chi connectivity index (χ4n) is 3.32. The van der Waals surface area contributed by atoms with Crippen LogP contribution in [0.5, 0.6) is 0 Å². The Hall–Kier alpha value is -1.62. The van der Waals surface area contributed by atoms with Gasteiger partial charge in [-0.25, -0.2) is 4.98 Å². The molecular formula is C16H13N6NaO5S4. The van der Waals surface area contributed by atoms with Gasteiger partial charge in [-0.15, -0.1) is 23.1 Å². The Labute approximate surface area is 220 Å². The molecule has 162 valence electrons. The fourth-order valence-corrected chi connectivity index (χ4v) is 6.58. The molecule has 4 heterocycles. The van der Waals surface area contributed by atoms with Crippen LogP contribution in [0.4, 0.5) is 0 Å². The van der Waals surface area contributed by atoms with Crippen molar-refractivity contribution in [1.82, 2.24) is 24.3 Å². The molecule has 11 nitrogen and oxygen atoms in total. The van der Waals surface area contributed by atoms with Gasteiger partial charge in [0.1, 0.15) is 16.2 Å². The first-order valence-electron chi connectivity index (χ1n) is 8.60. The van der Waals surface area contributed by atoms with E-state index >= 15 is 0 Å². The van der Waals surface area contributed by atoms with E-state index in [1.54, 1.807) is 6.92 Å². The van der Waals surface area contributed by atoms with Crippen molar-refractivity contribution < 1.29 is 54.3 Å². The van der Waals surface area contributed by atoms with Crippen molar-refractivity contribution >= 4 is 75.6 Å². The van der Waals surface area contributed by atoms with Gasteiger partial charge in [0.2, 0.25) is 10.7 Å². The maximum Gasteiger partial charge on any atom is 1.00 e. The summed E-state index contributed by atoms with van der Waals surface area (Å²) in [5.41, 5.74) is -1.39. The molecule has 2 aliphatic rings. The number of thioether (sulfide) groups is 1. The predicted octanol–water partition coefficient (Wildman–Crippen LogP) is -4.10. The molecule has 2 aromatic heterocycles. The summed E-state index contributed by atoms with van der Waals surface area (Å²) in [7, 11) is 0. The summed E-state index contributed by atoms with van der Waals surface area (Å²) in [5, 5.41) is 33.9. The number of nitrogens with zero attached hydrogens (tertiary/aromatic N) is 4. The number of thiocarbonyl (C=S) groups is 1. The average molecular weight is 521 g/mol. The van der Waals surface area contributed by atoms with Crippen LogP contribution in [0.15, 0.2) is 11.1 Å². The van der Waals surface area contributed by atoms with Crippen molar-refractivity contribution in [3.8, 4) is 0 Å². The zero-order chi connectivity index (χ0) is 22.5. The van der Waals surface area contributed by atoms with E-state index in [1.165, 1.54) is 17.1 Å². The molecule has 16 heteroatoms. The van der Waals surface area contributed by atoms with Crippen molar-refractivity contribution in [3.63, 3.8) is 0 Å². The monoisotopic (exact) mass is 520 g/mol. The van der Waals surface area contributed by atoms with E-state index < -0.39 is 28.7 Å². The molecule has 1 saturated heterocycles. The number of nitrogens with one attached hydrogen (secondary N) is 2. The van der Waals surface area contributed by atoms with E-state index in [2.05, 4.69) is 14.7 Å². The van der Waals surface area contributed by atoms with Gasteiger partial charge in [-0.05, 0) is 18.5 Å². The van der Waals surface area contributed by atoms with Crippen LogP contribution < -0.4 is 44.8 Å². The standard InChI is InChI=1S/C16H14N6O5S4.Na/c1-6-18-11(31-20-6)8-4-29-14-16(5-28,13(26)21(14)10(8)12(24)25)19-9(23)2-7-3-30-15(17)22(7)27;/h3,5,14,17,27H,2,4H2,1H3,(H,19,23)(H,24,25);/q;+1/p-1/t14-,16?;/m0./s1. The molecule has 0 aromatic carbocycles. The number of hydrogen-bond acceptors (Lipinski definition) is 12. The number of rotatable bonds is 6. The smallest absolute Gasteiger partial charge is 0.543 e. The van der Waals surface area contributed by atoms with Crippen LogP contribution in [-0.4, -0.2) is 64.0 Å². The van der Waals surface area contributed by atoms with Crippen molar-refractivity contribution in [3.05, 3.63) is 32.4 Å². The van der Waals surface area contributed by atoms with Gasteiger partial charge in [0, 0.05) is 22.1 Å². The molecule has 1 unspecified atom stereocenters. The molecule has 4 rings (SSSR count). The third kappa shape index (κ3) is 3.95. The van der Waals surface area contributed by atoms with E-state index in [4.69, 9.17) is 17.6 Å². The second kappa shape index (κ2) is 9.32. The number of carbonyl (C=O) groups excluding carboxylic acids is 3. The topological polar surface area (TPSA) is 164 Å². The number of aromatic nitrogens is 3. The Balaban J connectivity index is 0.00000289. The van der Waals surface area contributed by atoms with Gasteiger partial charge in [0.15, 0.2) is 5.54 Å². The number of β-lactam (4-membered cyclic amide) rings is 1. The van der Waals surface area contributed by atoms with Gasteiger partial charge in [-0.2, -0.15) is 9.10 Å². The second-order valence-corrected chi connectivity index (χ2v) is 9.57. The van der Waals surface area contributed by atoms with Crippen LogP contribution >= 0.6 is 46.8 Å². The number of fused-ring (bicyclic) bond motifs is 1. The largest absolute Gasteiger partial charge is 1.00 e. The summed E-state index contributed by atoms with van der Waals surface area (Å²) in [6.07, 6.45) is -0.292. The third-order valence-corrected chi connectivity index (χ3v) is 8.11. The quantitative estimate of drug-likeness (QED) is 0.149. The van der Waals surface area contributed by atoms with Crippen molar-refractivity contribution in [2.75, 3.05) is 5.75 Å². The summed E-state index contributed by atoms with van der Waals surface area (Å²) >= 11 is 8.25. The molecule has 0 bridgehead atoms. The molecule has 0 saturated carbocycles. The number of aryl methyl sites for hydroxylation is 1. The molecule has 2 aromatic rings. The van der Waals surface area contributed by atoms with Crippen LogP contribution in [0, 0.1) is 12.3 Å². The summed E-state index contributed by atoms with van der Waals surface area (Å²) in [6.45, 7) is 1.67. The van der Waals surface area contributed by atoms with E-state index in [-0.39, 0.29) is 57.9 Å². The molecule has 2 aliphatic heterocycles. The number of hydrogen-bond donors (Lipinski definition) is 3. The Morgan fingerprint density at radius 2 is 2.25 bits per heavy atom. The van der Waals surface area contributed by atoms with Gasteiger partial charge >= 0.3 is 29.6 Å². The number of thiazole rings is 1. The Morgan fingerprint density at radius 3 is 2.78 bits per heavy atom. The van der Waals surface area contributed by atoms with Gasteiger partial charge in [0.25, 0.3) is 5.91 Å². The maximum atomic E-state index is 13.1. The Morgan fingerprint density at radius 1 is 1.53 bits per heavy atom. The number of aliphatic carboxylic acids is 1. The van der Waals surface area contributed by atoms with Crippen LogP contribution in [0.3, 0.4) is 0 Å². The van der Waals surface area contributed by atoms with Crippen LogP contribution in [0.1, 0.15) is 16.5 Å². The molecule has 1 fully saturated rings. The zero-order valence-electron chi connectivity index (χ0n) is 16.6. The maximum absolute atomic E-state index is 13.1. The van der Waals surface area contributed by atoms with Crippen molar-refractivity contribution in [2.24, 2.45) is 0 Å². The average Bonchev–Trinajstić information content (AvgIpc) is 3.31. The second-order valence-electron chi connectivity index (χ2n) is 6.66. The SMILES string of the molecule is Cc1nsc(C2=C(C(=O)[O-])N3C(=O)C(C=S)(NC(=O)Cc4csc(=N)n4O)[C@@H]3SC2)n1.[Na+]. The molecule has 2 amide bonds. The van der Waals surface area contributed by atoms with Gasteiger partial charge in [0.05, 0.1) is 23.8 Å². The molecule has 32 heavy (non-hydrogen) atoms. The first-order chi connectivity index (χ1) is 14.7. The van der Waals surface area contributed by atoms with E-state index in [0.29, 0.717) is 21.1 Å².